The number of hydrogen-bond acceptors (Lipinski definition) is 6. The van der Waals surface area contributed by atoms with E-state index in [1.807, 2.05) is 102 Å². The van der Waals surface area contributed by atoms with E-state index in [1.165, 1.54) is 11.8 Å². The van der Waals surface area contributed by atoms with E-state index in [2.05, 4.69) is 20.5 Å². The van der Waals surface area contributed by atoms with Gasteiger partial charge in [0.1, 0.15) is 12.4 Å². The Balaban J connectivity index is 1.23. The molecule has 0 aliphatic heterocycles. The molecule has 36 heavy (non-hydrogen) atoms. The van der Waals surface area contributed by atoms with Crippen LogP contribution in [0.15, 0.2) is 115 Å². The summed E-state index contributed by atoms with van der Waals surface area (Å²) in [6.45, 7) is 0.493. The molecule has 0 atom stereocenters. The minimum atomic E-state index is -0.133. The smallest absolute Gasteiger partial charge is 0.234 e. The van der Waals surface area contributed by atoms with Gasteiger partial charge < -0.3 is 10.1 Å². The monoisotopic (exact) mass is 493 g/mol. The summed E-state index contributed by atoms with van der Waals surface area (Å²) >= 11 is 1.33. The highest BCUT2D eigenvalue weighted by molar-refractivity contribution is 7.99. The highest BCUT2D eigenvalue weighted by Gasteiger charge is 2.17. The fraction of sp³-hybridized carbons (Fsp3) is 0.0714. The molecule has 0 radical (unpaired) electrons. The van der Waals surface area contributed by atoms with Crippen molar-refractivity contribution in [2.45, 2.75) is 11.8 Å². The van der Waals surface area contributed by atoms with E-state index in [0.717, 1.165) is 22.6 Å². The van der Waals surface area contributed by atoms with Gasteiger partial charge in [-0.25, -0.2) is 0 Å². The Labute approximate surface area is 213 Å². The van der Waals surface area contributed by atoms with Gasteiger partial charge in [0.25, 0.3) is 0 Å². The standard InChI is InChI=1S/C28H23N5O2S/c34-26(30-23-11-13-25(14-12-23)35-19-21-7-3-1-4-8-21)20-36-28-32-31-27(22-15-17-29-18-16-22)33(28)24-9-5-2-6-10-24/h1-18H,19-20H2,(H,30,34). The van der Waals surface area contributed by atoms with E-state index in [0.29, 0.717) is 23.3 Å². The van der Waals surface area contributed by atoms with E-state index in [4.69, 9.17) is 4.74 Å². The number of carbonyl (C=O) groups is 1. The van der Waals surface area contributed by atoms with E-state index in [-0.39, 0.29) is 11.7 Å². The summed E-state index contributed by atoms with van der Waals surface area (Å²) in [5, 5.41) is 12.3. The number of benzene rings is 3. The van der Waals surface area contributed by atoms with Crippen molar-refractivity contribution < 1.29 is 9.53 Å². The maximum absolute atomic E-state index is 12.7. The molecule has 7 nitrogen and oxygen atoms in total. The number of carbonyl (C=O) groups excluding carboxylic acids is 1. The number of nitrogens with zero attached hydrogens (tertiary/aromatic N) is 4. The van der Waals surface area contributed by atoms with Crippen LogP contribution < -0.4 is 10.1 Å². The Morgan fingerprint density at radius 2 is 1.53 bits per heavy atom. The Hall–Kier alpha value is -4.43. The molecule has 0 aliphatic carbocycles. The van der Waals surface area contributed by atoms with E-state index >= 15 is 0 Å². The van der Waals surface area contributed by atoms with E-state index < -0.39 is 0 Å². The van der Waals surface area contributed by atoms with Crippen LogP contribution in [0.2, 0.25) is 0 Å². The number of rotatable bonds is 9. The quantitative estimate of drug-likeness (QED) is 0.268. The number of amides is 1. The molecule has 5 rings (SSSR count). The molecule has 5 aromatic rings. The molecule has 0 aliphatic rings. The fourth-order valence-corrected chi connectivity index (χ4v) is 4.32. The largest absolute Gasteiger partial charge is 0.489 e. The third kappa shape index (κ3) is 5.79. The lowest BCUT2D eigenvalue weighted by Crippen LogP contribution is -2.14. The SMILES string of the molecule is O=C(CSc1nnc(-c2ccncc2)n1-c1ccccc1)Nc1ccc(OCc2ccccc2)cc1. The molecule has 0 fully saturated rings. The van der Waals surface area contributed by atoms with Crippen molar-refractivity contribution in [1.82, 2.24) is 19.7 Å². The maximum Gasteiger partial charge on any atom is 0.234 e. The number of anilines is 1. The lowest BCUT2D eigenvalue weighted by Gasteiger charge is -2.11. The second-order valence-corrected chi connectivity index (χ2v) is 8.79. The van der Waals surface area contributed by atoms with Crippen LogP contribution >= 0.6 is 11.8 Å². The molecule has 2 heterocycles. The second-order valence-electron chi connectivity index (χ2n) is 7.85. The van der Waals surface area contributed by atoms with Crippen LogP contribution in [0.1, 0.15) is 5.56 Å². The fourth-order valence-electron chi connectivity index (χ4n) is 3.56. The number of thioether (sulfide) groups is 1. The van der Waals surface area contributed by atoms with Crippen molar-refractivity contribution in [2.75, 3.05) is 11.1 Å². The van der Waals surface area contributed by atoms with Gasteiger partial charge in [-0.3, -0.25) is 14.3 Å². The molecule has 0 saturated carbocycles. The molecule has 3 aromatic carbocycles. The first-order chi connectivity index (χ1) is 17.8. The Morgan fingerprint density at radius 3 is 2.25 bits per heavy atom. The van der Waals surface area contributed by atoms with Crippen LogP contribution in [0.4, 0.5) is 5.69 Å². The first-order valence-corrected chi connectivity index (χ1v) is 12.4. The van der Waals surface area contributed by atoms with Gasteiger partial charge >= 0.3 is 0 Å². The van der Waals surface area contributed by atoms with Gasteiger partial charge in [-0.1, -0.05) is 60.3 Å². The number of pyridine rings is 1. The predicted molar refractivity (Wildman–Crippen MR) is 141 cm³/mol. The van der Waals surface area contributed by atoms with E-state index in [1.54, 1.807) is 12.4 Å². The summed E-state index contributed by atoms with van der Waals surface area (Å²) in [7, 11) is 0. The van der Waals surface area contributed by atoms with Crippen LogP contribution in [-0.2, 0) is 11.4 Å². The molecule has 1 N–H and O–H groups in total. The van der Waals surface area contributed by atoms with Crippen molar-refractivity contribution >= 4 is 23.4 Å². The number of aromatic nitrogens is 4. The third-order valence-electron chi connectivity index (χ3n) is 5.31. The van der Waals surface area contributed by atoms with Crippen molar-refractivity contribution in [3.63, 3.8) is 0 Å². The predicted octanol–water partition coefficient (Wildman–Crippen LogP) is 5.64. The Morgan fingerprint density at radius 1 is 0.833 bits per heavy atom. The molecule has 0 bridgehead atoms. The van der Waals surface area contributed by atoms with Crippen LogP contribution in [0.25, 0.3) is 17.1 Å². The number of nitrogens with one attached hydrogen (secondary N) is 1. The Bertz CT molecular complexity index is 1410. The van der Waals surface area contributed by atoms with Crippen molar-refractivity contribution in [3.8, 4) is 22.8 Å². The summed E-state index contributed by atoms with van der Waals surface area (Å²) in [5.74, 6) is 1.49. The molecule has 1 amide bonds. The highest BCUT2D eigenvalue weighted by Crippen LogP contribution is 2.28. The summed E-state index contributed by atoms with van der Waals surface area (Å²) in [4.78, 5) is 16.8. The molecule has 0 saturated heterocycles. The second kappa shape index (κ2) is 11.3. The van der Waals surface area contributed by atoms with Crippen LogP contribution in [-0.4, -0.2) is 31.4 Å². The lowest BCUT2D eigenvalue weighted by atomic mass is 10.2. The minimum Gasteiger partial charge on any atom is -0.489 e. The number of para-hydroxylation sites is 1. The molecular formula is C28H23N5O2S. The minimum absolute atomic E-state index is 0.133. The van der Waals surface area contributed by atoms with Crippen LogP contribution in [0.3, 0.4) is 0 Å². The zero-order valence-corrected chi connectivity index (χ0v) is 20.1. The molecule has 0 spiro atoms. The van der Waals surface area contributed by atoms with Gasteiger partial charge in [0.2, 0.25) is 5.91 Å². The van der Waals surface area contributed by atoms with Gasteiger partial charge in [-0.15, -0.1) is 10.2 Å². The zero-order chi connectivity index (χ0) is 24.6. The average molecular weight is 494 g/mol. The zero-order valence-electron chi connectivity index (χ0n) is 19.3. The van der Waals surface area contributed by atoms with Crippen molar-refractivity contribution in [3.05, 3.63) is 115 Å². The lowest BCUT2D eigenvalue weighted by molar-refractivity contribution is -0.113. The summed E-state index contributed by atoms with van der Waals surface area (Å²) in [5.41, 5.74) is 3.62. The highest BCUT2D eigenvalue weighted by atomic mass is 32.2. The molecular weight excluding hydrogens is 470 g/mol. The summed E-state index contributed by atoms with van der Waals surface area (Å²) < 4.78 is 7.76. The van der Waals surface area contributed by atoms with Gasteiger partial charge in [0.15, 0.2) is 11.0 Å². The van der Waals surface area contributed by atoms with Crippen LogP contribution in [0, 0.1) is 0 Å². The Kier molecular flexibility index (Phi) is 7.34. The average Bonchev–Trinajstić information content (AvgIpc) is 3.37. The van der Waals surface area contributed by atoms with Gasteiger partial charge in [-0.2, -0.15) is 0 Å². The maximum atomic E-state index is 12.7. The van der Waals surface area contributed by atoms with E-state index in [9.17, 15) is 4.79 Å². The molecule has 8 heteroatoms. The van der Waals surface area contributed by atoms with Gasteiger partial charge in [0.05, 0.1) is 5.75 Å². The summed E-state index contributed by atoms with van der Waals surface area (Å²) in [6, 6.07) is 31.0. The topological polar surface area (TPSA) is 81.9 Å². The van der Waals surface area contributed by atoms with Gasteiger partial charge in [-0.05, 0) is 54.1 Å². The molecule has 2 aromatic heterocycles. The first kappa shape index (κ1) is 23.3. The van der Waals surface area contributed by atoms with Crippen LogP contribution in [0.5, 0.6) is 5.75 Å². The normalized spacial score (nSPS) is 10.7. The van der Waals surface area contributed by atoms with Crippen molar-refractivity contribution in [2.24, 2.45) is 0 Å². The molecule has 0 unspecified atom stereocenters. The van der Waals surface area contributed by atoms with Crippen molar-refractivity contribution in [1.29, 1.82) is 0 Å². The summed E-state index contributed by atoms with van der Waals surface area (Å²) in [6.07, 6.45) is 3.44. The molecule has 178 valence electrons. The third-order valence-corrected chi connectivity index (χ3v) is 6.23. The van der Waals surface area contributed by atoms with Gasteiger partial charge in [0, 0.05) is 29.3 Å². The number of ether oxygens (including phenoxy) is 1. The number of hydrogen-bond donors (Lipinski definition) is 1. The first-order valence-electron chi connectivity index (χ1n) is 11.4.